The van der Waals surface area contributed by atoms with Crippen LogP contribution in [0.25, 0.3) is 10.9 Å². The summed E-state index contributed by atoms with van der Waals surface area (Å²) in [7, 11) is -3.67. The molecule has 0 saturated carbocycles. The minimum absolute atomic E-state index is 0.0549. The average molecular weight is 383 g/mol. The Hall–Kier alpha value is -2.77. The van der Waals surface area contributed by atoms with Crippen molar-refractivity contribution in [3.05, 3.63) is 65.9 Å². The van der Waals surface area contributed by atoms with Crippen LogP contribution in [-0.4, -0.2) is 25.4 Å². The van der Waals surface area contributed by atoms with Crippen LogP contribution in [0.4, 0.5) is 5.69 Å². The van der Waals surface area contributed by atoms with Crippen molar-refractivity contribution in [3.8, 4) is 0 Å². The fourth-order valence-electron chi connectivity index (χ4n) is 2.80. The number of anilines is 1. The molecule has 27 heavy (non-hydrogen) atoms. The summed E-state index contributed by atoms with van der Waals surface area (Å²) in [4.78, 5) is 17.1. The van der Waals surface area contributed by atoms with E-state index in [2.05, 4.69) is 15.0 Å². The maximum absolute atomic E-state index is 12.7. The fourth-order valence-corrected chi connectivity index (χ4v) is 4.10. The van der Waals surface area contributed by atoms with Crippen LogP contribution in [0, 0.1) is 6.92 Å². The third kappa shape index (κ3) is 4.15. The summed E-state index contributed by atoms with van der Waals surface area (Å²) in [5.41, 5.74) is 2.71. The van der Waals surface area contributed by atoms with Crippen LogP contribution in [0.1, 0.15) is 29.8 Å². The molecule has 3 rings (SSSR count). The maximum Gasteiger partial charge on any atom is 0.255 e. The van der Waals surface area contributed by atoms with E-state index in [1.807, 2.05) is 31.2 Å². The van der Waals surface area contributed by atoms with Gasteiger partial charge in [0.05, 0.1) is 16.1 Å². The lowest BCUT2D eigenvalue weighted by Gasteiger charge is -2.12. The van der Waals surface area contributed by atoms with Gasteiger partial charge in [-0.05, 0) is 62.7 Å². The molecule has 3 aromatic rings. The number of rotatable bonds is 5. The molecule has 1 aromatic heterocycles. The number of nitrogens with one attached hydrogen (secondary N) is 2. The molecule has 1 amide bonds. The molecule has 0 unspecified atom stereocenters. The van der Waals surface area contributed by atoms with Crippen molar-refractivity contribution in [3.63, 3.8) is 0 Å². The molecule has 0 atom stereocenters. The van der Waals surface area contributed by atoms with Gasteiger partial charge in [-0.25, -0.2) is 13.1 Å². The highest BCUT2D eigenvalue weighted by Gasteiger charge is 2.18. The van der Waals surface area contributed by atoms with Crippen LogP contribution < -0.4 is 10.0 Å². The molecule has 6 nitrogen and oxygen atoms in total. The topological polar surface area (TPSA) is 88.2 Å². The number of carbonyl (C=O) groups is 1. The number of aryl methyl sites for hydroxylation is 1. The van der Waals surface area contributed by atoms with Gasteiger partial charge in [0.15, 0.2) is 0 Å². The van der Waals surface area contributed by atoms with Crippen molar-refractivity contribution >= 4 is 32.5 Å². The zero-order valence-corrected chi connectivity index (χ0v) is 16.2. The number of amides is 1. The van der Waals surface area contributed by atoms with Gasteiger partial charge in [-0.1, -0.05) is 12.1 Å². The molecule has 0 radical (unpaired) electrons. The molecule has 0 spiro atoms. The predicted molar refractivity (Wildman–Crippen MR) is 106 cm³/mol. The lowest BCUT2D eigenvalue weighted by molar-refractivity contribution is 0.102. The second-order valence-corrected chi connectivity index (χ2v) is 8.30. The summed E-state index contributed by atoms with van der Waals surface area (Å²) in [6, 6.07) is 13.1. The van der Waals surface area contributed by atoms with Gasteiger partial charge in [0.25, 0.3) is 5.91 Å². The van der Waals surface area contributed by atoms with E-state index in [1.54, 1.807) is 32.2 Å². The lowest BCUT2D eigenvalue weighted by Crippen LogP contribution is -2.30. The smallest absolute Gasteiger partial charge is 0.255 e. The van der Waals surface area contributed by atoms with Gasteiger partial charge >= 0.3 is 0 Å². The lowest BCUT2D eigenvalue weighted by atomic mass is 10.1. The standard InChI is InChI=1S/C20H21N3O3S/c1-13(2)23-27(25,26)16-7-4-6-15(12-16)20(24)22-18-10-9-14(3)19-17(18)8-5-11-21-19/h4-13,23H,1-3H3,(H,22,24). The van der Waals surface area contributed by atoms with Gasteiger partial charge in [0.1, 0.15) is 0 Å². The Morgan fingerprint density at radius 3 is 2.59 bits per heavy atom. The first kappa shape index (κ1) is 19.0. The molecule has 2 aromatic carbocycles. The normalized spacial score (nSPS) is 11.7. The molecule has 0 fully saturated rings. The Kier molecular flexibility index (Phi) is 5.25. The van der Waals surface area contributed by atoms with Crippen molar-refractivity contribution < 1.29 is 13.2 Å². The van der Waals surface area contributed by atoms with E-state index in [4.69, 9.17) is 0 Å². The second kappa shape index (κ2) is 7.46. The van der Waals surface area contributed by atoms with Gasteiger partial charge in [0, 0.05) is 23.2 Å². The molecule has 0 aliphatic rings. The van der Waals surface area contributed by atoms with Crippen molar-refractivity contribution in [2.75, 3.05) is 5.32 Å². The predicted octanol–water partition coefficient (Wildman–Crippen LogP) is 3.48. The minimum Gasteiger partial charge on any atom is -0.321 e. The zero-order valence-electron chi connectivity index (χ0n) is 15.4. The number of pyridine rings is 1. The van der Waals surface area contributed by atoms with E-state index < -0.39 is 10.0 Å². The number of fused-ring (bicyclic) bond motifs is 1. The van der Waals surface area contributed by atoms with Crippen LogP contribution in [0.15, 0.2) is 59.6 Å². The first-order valence-electron chi connectivity index (χ1n) is 8.56. The number of nitrogens with zero attached hydrogens (tertiary/aromatic N) is 1. The number of carbonyl (C=O) groups excluding carboxylic acids is 1. The minimum atomic E-state index is -3.67. The van der Waals surface area contributed by atoms with Gasteiger partial charge in [-0.2, -0.15) is 0 Å². The quantitative estimate of drug-likeness (QED) is 0.706. The Labute approximate surface area is 158 Å². The number of aromatic nitrogens is 1. The van der Waals surface area contributed by atoms with Crippen molar-refractivity contribution in [1.82, 2.24) is 9.71 Å². The largest absolute Gasteiger partial charge is 0.321 e. The van der Waals surface area contributed by atoms with Crippen LogP contribution in [0.3, 0.4) is 0 Å². The van der Waals surface area contributed by atoms with Crippen molar-refractivity contribution in [2.45, 2.75) is 31.7 Å². The summed E-state index contributed by atoms with van der Waals surface area (Å²) in [5, 5.41) is 3.68. The molecule has 0 aliphatic carbocycles. The van der Waals surface area contributed by atoms with E-state index in [1.165, 1.54) is 12.1 Å². The Morgan fingerprint density at radius 1 is 1.07 bits per heavy atom. The van der Waals surface area contributed by atoms with Crippen LogP contribution in [0.2, 0.25) is 0 Å². The van der Waals surface area contributed by atoms with E-state index in [9.17, 15) is 13.2 Å². The Morgan fingerprint density at radius 2 is 1.85 bits per heavy atom. The molecule has 2 N–H and O–H groups in total. The van der Waals surface area contributed by atoms with Crippen LogP contribution in [-0.2, 0) is 10.0 Å². The molecule has 7 heteroatoms. The molecular formula is C20H21N3O3S. The van der Waals surface area contributed by atoms with E-state index in [-0.39, 0.29) is 22.4 Å². The first-order valence-corrected chi connectivity index (χ1v) is 10.0. The Balaban J connectivity index is 1.92. The second-order valence-electron chi connectivity index (χ2n) is 6.59. The fraction of sp³-hybridized carbons (Fsp3) is 0.200. The Bertz CT molecular complexity index is 1110. The van der Waals surface area contributed by atoms with Crippen LogP contribution in [0.5, 0.6) is 0 Å². The maximum atomic E-state index is 12.7. The third-order valence-corrected chi connectivity index (χ3v) is 5.67. The zero-order chi connectivity index (χ0) is 19.6. The third-order valence-electron chi connectivity index (χ3n) is 4.02. The summed E-state index contributed by atoms with van der Waals surface area (Å²) >= 11 is 0. The first-order chi connectivity index (χ1) is 12.8. The van der Waals surface area contributed by atoms with Gasteiger partial charge in [-0.3, -0.25) is 9.78 Å². The number of sulfonamides is 1. The van der Waals surface area contributed by atoms with E-state index in [0.717, 1.165) is 16.5 Å². The van der Waals surface area contributed by atoms with E-state index >= 15 is 0 Å². The SMILES string of the molecule is Cc1ccc(NC(=O)c2cccc(S(=O)(=O)NC(C)C)c2)c2cccnc12. The molecule has 0 bridgehead atoms. The molecular weight excluding hydrogens is 362 g/mol. The monoisotopic (exact) mass is 383 g/mol. The molecule has 0 saturated heterocycles. The summed E-state index contributed by atoms with van der Waals surface area (Å²) < 4.78 is 27.2. The summed E-state index contributed by atoms with van der Waals surface area (Å²) in [6.45, 7) is 5.44. The highest BCUT2D eigenvalue weighted by molar-refractivity contribution is 7.89. The van der Waals surface area contributed by atoms with E-state index in [0.29, 0.717) is 5.69 Å². The highest BCUT2D eigenvalue weighted by atomic mass is 32.2. The molecule has 1 heterocycles. The highest BCUT2D eigenvalue weighted by Crippen LogP contribution is 2.25. The van der Waals surface area contributed by atoms with Crippen molar-refractivity contribution in [2.24, 2.45) is 0 Å². The van der Waals surface area contributed by atoms with Gasteiger partial charge in [0.2, 0.25) is 10.0 Å². The summed E-state index contributed by atoms with van der Waals surface area (Å²) in [6.07, 6.45) is 1.71. The number of hydrogen-bond donors (Lipinski definition) is 2. The number of hydrogen-bond acceptors (Lipinski definition) is 4. The van der Waals surface area contributed by atoms with Gasteiger partial charge < -0.3 is 5.32 Å². The number of benzene rings is 2. The summed E-state index contributed by atoms with van der Waals surface area (Å²) in [5.74, 6) is -0.384. The van der Waals surface area contributed by atoms with Gasteiger partial charge in [-0.15, -0.1) is 0 Å². The van der Waals surface area contributed by atoms with Crippen molar-refractivity contribution in [1.29, 1.82) is 0 Å². The molecule has 140 valence electrons. The average Bonchev–Trinajstić information content (AvgIpc) is 2.63. The molecule has 0 aliphatic heterocycles. The van der Waals surface area contributed by atoms with Crippen LogP contribution >= 0.6 is 0 Å².